The van der Waals surface area contributed by atoms with Crippen LogP contribution >= 0.6 is 0 Å². The lowest BCUT2D eigenvalue weighted by Gasteiger charge is -2.29. The summed E-state index contributed by atoms with van der Waals surface area (Å²) in [5.74, 6) is -5.50. The van der Waals surface area contributed by atoms with Crippen LogP contribution in [0.15, 0.2) is 48.5 Å². The molecule has 4 rings (SSSR count). The highest BCUT2D eigenvalue weighted by Crippen LogP contribution is 2.40. The number of hydrogen-bond acceptors (Lipinski definition) is 3. The first-order chi connectivity index (χ1) is 18.3. The van der Waals surface area contributed by atoms with Crippen molar-refractivity contribution in [1.82, 2.24) is 0 Å². The molecule has 0 heterocycles. The third-order valence-corrected chi connectivity index (χ3v) is 7.48. The van der Waals surface area contributed by atoms with E-state index < -0.39 is 35.0 Å². The summed E-state index contributed by atoms with van der Waals surface area (Å²) in [6.45, 7) is 2.19. The van der Waals surface area contributed by atoms with Crippen LogP contribution in [0.5, 0.6) is 11.5 Å². The Hall–Kier alpha value is -3.35. The zero-order chi connectivity index (χ0) is 27.2. The van der Waals surface area contributed by atoms with Crippen LogP contribution in [-0.2, 0) is 0 Å². The number of carbonyl (C=O) groups is 1. The molecule has 0 spiro atoms. The predicted octanol–water partition coefficient (Wildman–Crippen LogP) is 8.99. The van der Waals surface area contributed by atoms with Crippen LogP contribution in [-0.4, -0.2) is 13.1 Å². The van der Waals surface area contributed by atoms with Gasteiger partial charge in [0.1, 0.15) is 0 Å². The minimum absolute atomic E-state index is 0.0151. The Labute approximate surface area is 220 Å². The molecule has 1 saturated carbocycles. The number of esters is 1. The normalized spacial score (nSPS) is 17.3. The van der Waals surface area contributed by atoms with E-state index in [1.54, 1.807) is 12.1 Å². The van der Waals surface area contributed by atoms with Gasteiger partial charge in [0, 0.05) is 5.56 Å². The van der Waals surface area contributed by atoms with Gasteiger partial charge in [-0.25, -0.2) is 13.6 Å². The van der Waals surface area contributed by atoms with Crippen LogP contribution in [0, 0.1) is 29.2 Å². The summed E-state index contributed by atoms with van der Waals surface area (Å²) in [6, 6.07) is 11.1. The quantitative estimate of drug-likeness (QED) is 0.120. The molecular weight excluding hydrogens is 496 g/mol. The Balaban J connectivity index is 1.43. The second-order valence-corrected chi connectivity index (χ2v) is 9.90. The first kappa shape index (κ1) is 27.7. The molecule has 0 aliphatic heterocycles. The van der Waals surface area contributed by atoms with E-state index in [0.717, 1.165) is 37.8 Å². The van der Waals surface area contributed by atoms with Gasteiger partial charge >= 0.3 is 5.97 Å². The fraction of sp³-hybridized carbons (Fsp3) is 0.387. The second kappa shape index (κ2) is 12.5. The van der Waals surface area contributed by atoms with Crippen molar-refractivity contribution in [3.63, 3.8) is 0 Å². The van der Waals surface area contributed by atoms with Crippen molar-refractivity contribution < 1.29 is 31.8 Å². The largest absolute Gasteiger partial charge is 0.494 e. The molecule has 0 saturated heterocycles. The number of methoxy groups -OCH3 is 1. The molecule has 0 radical (unpaired) electrons. The molecule has 7 heteroatoms. The van der Waals surface area contributed by atoms with Crippen molar-refractivity contribution in [2.75, 3.05) is 7.11 Å². The smallest absolute Gasteiger partial charge is 0.343 e. The third kappa shape index (κ3) is 6.03. The van der Waals surface area contributed by atoms with Gasteiger partial charge in [0.25, 0.3) is 0 Å². The Bertz CT molecular complexity index is 1270. The fourth-order valence-electron chi connectivity index (χ4n) is 5.24. The lowest BCUT2D eigenvalue weighted by atomic mass is 9.76. The molecule has 3 aromatic rings. The minimum atomic E-state index is -1.35. The summed E-state index contributed by atoms with van der Waals surface area (Å²) in [6.07, 6.45) is 8.70. The van der Waals surface area contributed by atoms with E-state index in [2.05, 4.69) is 6.92 Å². The number of ether oxygens (including phenoxy) is 2. The Morgan fingerprint density at radius 2 is 1.45 bits per heavy atom. The maximum absolute atomic E-state index is 15.1. The van der Waals surface area contributed by atoms with E-state index in [0.29, 0.717) is 17.0 Å². The number of benzene rings is 3. The summed E-state index contributed by atoms with van der Waals surface area (Å²) in [5.41, 5.74) is 0.929. The van der Waals surface area contributed by atoms with Crippen LogP contribution in [0.1, 0.15) is 80.1 Å². The van der Waals surface area contributed by atoms with Gasteiger partial charge in [0.2, 0.25) is 11.6 Å². The lowest BCUT2D eigenvalue weighted by Crippen LogP contribution is -2.15. The Morgan fingerprint density at radius 3 is 2.11 bits per heavy atom. The maximum Gasteiger partial charge on any atom is 0.343 e. The number of rotatable bonds is 9. The fourth-order valence-corrected chi connectivity index (χ4v) is 5.24. The highest BCUT2D eigenvalue weighted by atomic mass is 19.2. The topological polar surface area (TPSA) is 35.5 Å². The number of halogens is 4. The molecule has 0 bridgehead atoms. The third-order valence-electron chi connectivity index (χ3n) is 7.48. The van der Waals surface area contributed by atoms with Gasteiger partial charge in [0.05, 0.1) is 12.7 Å². The molecule has 202 valence electrons. The van der Waals surface area contributed by atoms with Crippen LogP contribution in [0.3, 0.4) is 0 Å². The van der Waals surface area contributed by atoms with Crippen LogP contribution in [0.2, 0.25) is 0 Å². The van der Waals surface area contributed by atoms with E-state index >= 15 is 8.78 Å². The molecule has 38 heavy (non-hydrogen) atoms. The first-order valence-corrected chi connectivity index (χ1v) is 13.2. The predicted molar refractivity (Wildman–Crippen MR) is 139 cm³/mol. The Kier molecular flexibility index (Phi) is 9.08. The SMILES string of the molecule is CCCCCC1CCC(c2ccc(-c3ccc(C(=O)Oc4ccc(OC)c(F)c4F)cc3)c(F)c2F)CC1. The summed E-state index contributed by atoms with van der Waals surface area (Å²) in [4.78, 5) is 12.4. The van der Waals surface area contributed by atoms with Gasteiger partial charge in [-0.2, -0.15) is 8.78 Å². The standard InChI is InChI=1S/C31H32F4O3/c1-3-4-5-6-19-7-9-20(10-8-19)23-15-16-24(28(33)27(23)32)21-11-13-22(14-12-21)31(36)38-26-18-17-25(37-2)29(34)30(26)35/h11-20H,3-10H2,1-2H3. The second-order valence-electron chi connectivity index (χ2n) is 9.90. The monoisotopic (exact) mass is 528 g/mol. The van der Waals surface area contributed by atoms with Gasteiger partial charge in [-0.05, 0) is 72.9 Å². The summed E-state index contributed by atoms with van der Waals surface area (Å²) < 4.78 is 67.9. The number of unbranched alkanes of at least 4 members (excludes halogenated alkanes) is 2. The molecule has 1 fully saturated rings. The van der Waals surface area contributed by atoms with Gasteiger partial charge in [-0.1, -0.05) is 56.9 Å². The molecule has 0 amide bonds. The van der Waals surface area contributed by atoms with Crippen molar-refractivity contribution in [3.8, 4) is 22.6 Å². The van der Waals surface area contributed by atoms with E-state index in [1.165, 1.54) is 57.1 Å². The van der Waals surface area contributed by atoms with Gasteiger partial charge < -0.3 is 9.47 Å². The lowest BCUT2D eigenvalue weighted by molar-refractivity contribution is 0.0726. The van der Waals surface area contributed by atoms with Crippen molar-refractivity contribution in [1.29, 1.82) is 0 Å². The van der Waals surface area contributed by atoms with E-state index in [9.17, 15) is 13.6 Å². The average molecular weight is 529 g/mol. The molecular formula is C31H32F4O3. The maximum atomic E-state index is 15.1. The summed E-state index contributed by atoms with van der Waals surface area (Å²) >= 11 is 0. The zero-order valence-corrected chi connectivity index (χ0v) is 21.7. The van der Waals surface area contributed by atoms with Crippen molar-refractivity contribution in [2.24, 2.45) is 5.92 Å². The van der Waals surface area contributed by atoms with Gasteiger partial charge in [-0.15, -0.1) is 0 Å². The van der Waals surface area contributed by atoms with Crippen molar-refractivity contribution >= 4 is 5.97 Å². The molecule has 1 aliphatic carbocycles. The molecule has 0 N–H and O–H groups in total. The molecule has 1 aliphatic rings. The Morgan fingerprint density at radius 1 is 0.789 bits per heavy atom. The van der Waals surface area contributed by atoms with E-state index in [4.69, 9.17) is 9.47 Å². The highest BCUT2D eigenvalue weighted by Gasteiger charge is 2.26. The molecule has 0 aromatic heterocycles. The molecule has 0 atom stereocenters. The highest BCUT2D eigenvalue weighted by molar-refractivity contribution is 5.91. The summed E-state index contributed by atoms with van der Waals surface area (Å²) in [7, 11) is 1.19. The molecule has 0 unspecified atom stereocenters. The molecule has 3 aromatic carbocycles. The van der Waals surface area contributed by atoms with Crippen molar-refractivity contribution in [2.45, 2.75) is 64.2 Å². The number of carbonyl (C=O) groups excluding carboxylic acids is 1. The van der Waals surface area contributed by atoms with Crippen molar-refractivity contribution in [3.05, 3.63) is 82.9 Å². The van der Waals surface area contributed by atoms with E-state index in [1.807, 2.05) is 0 Å². The zero-order valence-electron chi connectivity index (χ0n) is 21.7. The van der Waals surface area contributed by atoms with Gasteiger partial charge in [0.15, 0.2) is 23.1 Å². The van der Waals surface area contributed by atoms with Crippen LogP contribution in [0.25, 0.3) is 11.1 Å². The molecule has 3 nitrogen and oxygen atoms in total. The van der Waals surface area contributed by atoms with E-state index in [-0.39, 0.29) is 22.8 Å². The number of hydrogen-bond donors (Lipinski definition) is 0. The first-order valence-electron chi connectivity index (χ1n) is 13.2. The minimum Gasteiger partial charge on any atom is -0.494 e. The average Bonchev–Trinajstić information content (AvgIpc) is 2.93. The van der Waals surface area contributed by atoms with Gasteiger partial charge in [-0.3, -0.25) is 0 Å². The summed E-state index contributed by atoms with van der Waals surface area (Å²) in [5, 5.41) is 0. The van der Waals surface area contributed by atoms with Crippen LogP contribution in [0.4, 0.5) is 17.6 Å². The van der Waals surface area contributed by atoms with Crippen LogP contribution < -0.4 is 9.47 Å².